The van der Waals surface area contributed by atoms with Gasteiger partial charge in [0.15, 0.2) is 0 Å². The number of nitrogens with one attached hydrogen (secondary N) is 1. The highest BCUT2D eigenvalue weighted by atomic mass is 32.2. The summed E-state index contributed by atoms with van der Waals surface area (Å²) >= 11 is 0.875. The fraction of sp³-hybridized carbons (Fsp3) is 0.450. The van der Waals surface area contributed by atoms with Gasteiger partial charge in [-0.25, -0.2) is 0 Å². The van der Waals surface area contributed by atoms with E-state index >= 15 is 0 Å². The molecule has 0 aliphatic carbocycles. The van der Waals surface area contributed by atoms with Gasteiger partial charge < -0.3 is 10.2 Å². The first-order valence-corrected chi connectivity index (χ1v) is 10.2. The molecule has 1 saturated heterocycles. The van der Waals surface area contributed by atoms with E-state index < -0.39 is 11.1 Å². The van der Waals surface area contributed by atoms with Gasteiger partial charge in [0.1, 0.15) is 6.54 Å². The molecule has 1 aromatic rings. The van der Waals surface area contributed by atoms with Gasteiger partial charge in [-0.1, -0.05) is 25.5 Å². The first-order chi connectivity index (χ1) is 13.0. The third-order valence-electron chi connectivity index (χ3n) is 4.35. The number of thioether (sulfide) groups is 1. The molecule has 0 unspecified atom stereocenters. The number of anilines is 1. The quantitative estimate of drug-likeness (QED) is 0.517. The Morgan fingerprint density at radius 1 is 1.15 bits per heavy atom. The number of rotatable bonds is 9. The van der Waals surface area contributed by atoms with Crippen LogP contribution >= 0.6 is 11.8 Å². The van der Waals surface area contributed by atoms with Crippen LogP contribution in [0.2, 0.25) is 0 Å². The van der Waals surface area contributed by atoms with Crippen molar-refractivity contribution in [1.82, 2.24) is 10.2 Å². The van der Waals surface area contributed by atoms with Gasteiger partial charge in [-0.3, -0.25) is 19.3 Å². The van der Waals surface area contributed by atoms with Crippen molar-refractivity contribution in [2.75, 3.05) is 31.1 Å². The van der Waals surface area contributed by atoms with Crippen LogP contribution in [0.15, 0.2) is 29.2 Å². The van der Waals surface area contributed by atoms with Crippen molar-refractivity contribution in [3.8, 4) is 0 Å². The fourth-order valence-corrected chi connectivity index (χ4v) is 3.60. The lowest BCUT2D eigenvalue weighted by Gasteiger charge is -2.20. The summed E-state index contributed by atoms with van der Waals surface area (Å²) in [6, 6.07) is 7.87. The smallest absolute Gasteiger partial charge is 0.294 e. The molecule has 0 aromatic heterocycles. The van der Waals surface area contributed by atoms with Crippen molar-refractivity contribution in [2.24, 2.45) is 0 Å². The van der Waals surface area contributed by atoms with Gasteiger partial charge in [-0.2, -0.15) is 0 Å². The van der Waals surface area contributed by atoms with E-state index in [0.29, 0.717) is 11.4 Å². The molecule has 6 nitrogen and oxygen atoms in total. The van der Waals surface area contributed by atoms with E-state index in [4.69, 9.17) is 0 Å². The lowest BCUT2D eigenvalue weighted by atomic mass is 10.1. The molecule has 27 heavy (non-hydrogen) atoms. The standard InChI is InChI=1S/C20H27N3O3S/c1-4-7-12-21-18(24)14-23-19(25)17(27-20(23)26)13-15-8-10-16(11-9-15)22(5-2)6-3/h8-11,13H,4-7,12,14H2,1-3H3,(H,21,24)/b17-13-. The van der Waals surface area contributed by atoms with Crippen LogP contribution in [-0.4, -0.2) is 48.1 Å². The van der Waals surface area contributed by atoms with Crippen LogP contribution in [0.1, 0.15) is 39.2 Å². The molecule has 1 heterocycles. The summed E-state index contributed by atoms with van der Waals surface area (Å²) in [5.74, 6) is -0.723. The Balaban J connectivity index is 2.04. The molecule has 0 saturated carbocycles. The van der Waals surface area contributed by atoms with Gasteiger partial charge in [-0.15, -0.1) is 0 Å². The van der Waals surface area contributed by atoms with Crippen molar-refractivity contribution >= 4 is 40.6 Å². The summed E-state index contributed by atoms with van der Waals surface area (Å²) in [4.78, 5) is 40.1. The maximum atomic E-state index is 12.5. The molecule has 1 fully saturated rings. The normalized spacial score (nSPS) is 15.5. The van der Waals surface area contributed by atoms with Crippen LogP contribution < -0.4 is 10.2 Å². The average molecular weight is 390 g/mol. The van der Waals surface area contributed by atoms with Crippen molar-refractivity contribution in [2.45, 2.75) is 33.6 Å². The van der Waals surface area contributed by atoms with E-state index in [-0.39, 0.29) is 12.5 Å². The summed E-state index contributed by atoms with van der Waals surface area (Å²) in [5.41, 5.74) is 1.97. The highest BCUT2D eigenvalue weighted by molar-refractivity contribution is 8.18. The zero-order chi connectivity index (χ0) is 19.8. The minimum atomic E-state index is -0.413. The number of imide groups is 1. The predicted octanol–water partition coefficient (Wildman–Crippen LogP) is 3.49. The third-order valence-corrected chi connectivity index (χ3v) is 5.25. The van der Waals surface area contributed by atoms with Gasteiger partial charge in [-0.05, 0) is 55.8 Å². The molecule has 146 valence electrons. The minimum Gasteiger partial charge on any atom is -0.372 e. The van der Waals surface area contributed by atoms with Crippen molar-refractivity contribution in [3.63, 3.8) is 0 Å². The lowest BCUT2D eigenvalue weighted by molar-refractivity contribution is -0.129. The largest absolute Gasteiger partial charge is 0.372 e. The number of hydrogen-bond donors (Lipinski definition) is 1. The molecule has 0 bridgehead atoms. The van der Waals surface area contributed by atoms with E-state index in [1.54, 1.807) is 6.08 Å². The Morgan fingerprint density at radius 2 is 1.81 bits per heavy atom. The number of amides is 3. The van der Waals surface area contributed by atoms with E-state index in [1.807, 2.05) is 31.2 Å². The molecule has 2 rings (SSSR count). The molecule has 1 N–H and O–H groups in total. The zero-order valence-corrected chi connectivity index (χ0v) is 17.0. The highest BCUT2D eigenvalue weighted by Crippen LogP contribution is 2.32. The maximum absolute atomic E-state index is 12.5. The van der Waals surface area contributed by atoms with E-state index in [9.17, 15) is 14.4 Å². The number of hydrogen-bond acceptors (Lipinski definition) is 5. The van der Waals surface area contributed by atoms with Crippen molar-refractivity contribution < 1.29 is 14.4 Å². The Labute approximate surface area is 165 Å². The number of carbonyl (C=O) groups is 3. The van der Waals surface area contributed by atoms with Crippen LogP contribution in [0.5, 0.6) is 0 Å². The van der Waals surface area contributed by atoms with Crippen LogP contribution in [0, 0.1) is 0 Å². The van der Waals surface area contributed by atoms with Crippen LogP contribution in [0.25, 0.3) is 6.08 Å². The summed E-state index contributed by atoms with van der Waals surface area (Å²) in [7, 11) is 0. The molecule has 1 aromatic carbocycles. The summed E-state index contributed by atoms with van der Waals surface area (Å²) in [6.07, 6.45) is 3.54. The molecule has 7 heteroatoms. The Hall–Kier alpha value is -2.28. The van der Waals surface area contributed by atoms with Gasteiger partial charge in [0.05, 0.1) is 4.91 Å². The molecular formula is C20H27N3O3S. The summed E-state index contributed by atoms with van der Waals surface area (Å²) < 4.78 is 0. The molecule has 0 radical (unpaired) electrons. The summed E-state index contributed by atoms with van der Waals surface area (Å²) in [6.45, 7) is 8.41. The average Bonchev–Trinajstić information content (AvgIpc) is 2.92. The zero-order valence-electron chi connectivity index (χ0n) is 16.2. The second-order valence-electron chi connectivity index (χ2n) is 6.24. The first kappa shape index (κ1) is 21.0. The maximum Gasteiger partial charge on any atom is 0.294 e. The SMILES string of the molecule is CCCCNC(=O)CN1C(=O)S/C(=C\c2ccc(N(CC)CC)cc2)C1=O. The highest BCUT2D eigenvalue weighted by Gasteiger charge is 2.36. The molecule has 0 spiro atoms. The van der Waals surface area contributed by atoms with Gasteiger partial charge in [0, 0.05) is 25.3 Å². The number of nitrogens with zero attached hydrogens (tertiary/aromatic N) is 2. The molecule has 3 amide bonds. The number of carbonyl (C=O) groups excluding carboxylic acids is 3. The van der Waals surface area contributed by atoms with Crippen molar-refractivity contribution in [3.05, 3.63) is 34.7 Å². The third kappa shape index (κ3) is 5.60. The second-order valence-corrected chi connectivity index (χ2v) is 7.23. The van der Waals surface area contributed by atoms with Gasteiger partial charge in [0.25, 0.3) is 11.1 Å². The van der Waals surface area contributed by atoms with Crippen molar-refractivity contribution in [1.29, 1.82) is 0 Å². The monoisotopic (exact) mass is 389 g/mol. The minimum absolute atomic E-state index is 0.230. The van der Waals surface area contributed by atoms with Crippen LogP contribution in [0.3, 0.4) is 0 Å². The molecule has 0 atom stereocenters. The Morgan fingerprint density at radius 3 is 2.41 bits per heavy atom. The first-order valence-electron chi connectivity index (χ1n) is 9.37. The topological polar surface area (TPSA) is 69.7 Å². The number of unbranched alkanes of at least 4 members (excludes halogenated alkanes) is 1. The van der Waals surface area contributed by atoms with Crippen LogP contribution in [0.4, 0.5) is 10.5 Å². The fourth-order valence-electron chi connectivity index (χ4n) is 2.76. The van der Waals surface area contributed by atoms with E-state index in [0.717, 1.165) is 53.8 Å². The Kier molecular flexibility index (Phi) is 7.91. The van der Waals surface area contributed by atoms with Crippen LogP contribution in [-0.2, 0) is 9.59 Å². The van der Waals surface area contributed by atoms with Gasteiger partial charge in [0.2, 0.25) is 5.91 Å². The van der Waals surface area contributed by atoms with E-state index in [1.165, 1.54) is 0 Å². The molecule has 1 aliphatic heterocycles. The molecular weight excluding hydrogens is 362 g/mol. The Bertz CT molecular complexity index is 712. The predicted molar refractivity (Wildman–Crippen MR) is 111 cm³/mol. The lowest BCUT2D eigenvalue weighted by Crippen LogP contribution is -2.39. The van der Waals surface area contributed by atoms with Gasteiger partial charge >= 0.3 is 0 Å². The second kappa shape index (κ2) is 10.2. The van der Waals surface area contributed by atoms with E-state index in [2.05, 4.69) is 24.1 Å². The summed E-state index contributed by atoms with van der Waals surface area (Å²) in [5, 5.41) is 2.32. The molecule has 1 aliphatic rings. The number of benzene rings is 1.